The highest BCUT2D eigenvalue weighted by Gasteiger charge is 2.28. The summed E-state index contributed by atoms with van der Waals surface area (Å²) in [5.41, 5.74) is 1.92. The van der Waals surface area contributed by atoms with Gasteiger partial charge in [0.05, 0.1) is 12.7 Å². The molecule has 1 aromatic carbocycles. The fourth-order valence-electron chi connectivity index (χ4n) is 2.14. The van der Waals surface area contributed by atoms with Crippen LogP contribution in [0, 0.1) is 11.8 Å². The molecule has 0 radical (unpaired) electrons. The number of halogens is 1. The van der Waals surface area contributed by atoms with E-state index >= 15 is 0 Å². The molecule has 1 amide bonds. The summed E-state index contributed by atoms with van der Waals surface area (Å²) in [7, 11) is 0. The van der Waals surface area contributed by atoms with Crippen molar-refractivity contribution in [3.05, 3.63) is 29.8 Å². The fraction of sp³-hybridized carbons (Fsp3) is 0.562. The molecule has 0 aliphatic carbocycles. The number of hydrogen-bond donors (Lipinski definition) is 2. The van der Waals surface area contributed by atoms with Crippen LogP contribution < -0.4 is 10.6 Å². The Labute approximate surface area is 133 Å². The van der Waals surface area contributed by atoms with Crippen molar-refractivity contribution in [2.45, 2.75) is 33.5 Å². The Balaban J connectivity index is 0.00000220. The second-order valence-electron chi connectivity index (χ2n) is 5.76. The average molecular weight is 313 g/mol. The zero-order valence-electron chi connectivity index (χ0n) is 12.9. The van der Waals surface area contributed by atoms with Gasteiger partial charge < -0.3 is 15.4 Å². The molecule has 21 heavy (non-hydrogen) atoms. The van der Waals surface area contributed by atoms with Crippen LogP contribution in [-0.2, 0) is 16.1 Å². The molecule has 1 atom stereocenters. The third kappa shape index (κ3) is 5.30. The molecule has 1 aromatic rings. The monoisotopic (exact) mass is 312 g/mol. The first-order valence-electron chi connectivity index (χ1n) is 7.28. The predicted molar refractivity (Wildman–Crippen MR) is 87.8 cm³/mol. The zero-order chi connectivity index (χ0) is 14.5. The van der Waals surface area contributed by atoms with E-state index in [0.29, 0.717) is 12.5 Å². The molecule has 2 N–H and O–H groups in total. The van der Waals surface area contributed by atoms with E-state index in [-0.39, 0.29) is 30.3 Å². The Morgan fingerprint density at radius 3 is 2.67 bits per heavy atom. The van der Waals surface area contributed by atoms with Crippen LogP contribution in [0.5, 0.6) is 0 Å². The van der Waals surface area contributed by atoms with E-state index in [1.807, 2.05) is 45.0 Å². The van der Waals surface area contributed by atoms with Gasteiger partial charge in [0.15, 0.2) is 0 Å². The van der Waals surface area contributed by atoms with Crippen LogP contribution in [0.1, 0.15) is 26.3 Å². The number of carbonyl (C=O) groups is 1. The van der Waals surface area contributed by atoms with E-state index < -0.39 is 0 Å². The first-order chi connectivity index (χ1) is 9.56. The van der Waals surface area contributed by atoms with Crippen molar-refractivity contribution < 1.29 is 9.53 Å². The molecule has 1 heterocycles. The molecule has 1 saturated heterocycles. The number of rotatable bonds is 6. The maximum atomic E-state index is 12.2. The number of anilines is 1. The largest absolute Gasteiger partial charge is 0.374 e. The molecular weight excluding hydrogens is 288 g/mol. The fourth-order valence-corrected chi connectivity index (χ4v) is 2.14. The van der Waals surface area contributed by atoms with E-state index in [2.05, 4.69) is 10.6 Å². The smallest absolute Gasteiger partial charge is 0.227 e. The lowest BCUT2D eigenvalue weighted by molar-refractivity contribution is -0.121. The van der Waals surface area contributed by atoms with Gasteiger partial charge in [-0.15, -0.1) is 12.4 Å². The van der Waals surface area contributed by atoms with Gasteiger partial charge >= 0.3 is 0 Å². The quantitative estimate of drug-likeness (QED) is 0.849. The molecule has 118 valence electrons. The summed E-state index contributed by atoms with van der Waals surface area (Å²) >= 11 is 0. The van der Waals surface area contributed by atoms with Gasteiger partial charge in [-0.05, 0) is 50.6 Å². The average Bonchev–Trinajstić information content (AvgIpc) is 2.34. The van der Waals surface area contributed by atoms with E-state index in [1.165, 1.54) is 0 Å². The molecule has 1 aliphatic rings. The van der Waals surface area contributed by atoms with Crippen molar-refractivity contribution in [3.8, 4) is 0 Å². The summed E-state index contributed by atoms with van der Waals surface area (Å²) in [6, 6.07) is 7.86. The van der Waals surface area contributed by atoms with Crippen LogP contribution >= 0.6 is 12.4 Å². The minimum absolute atomic E-state index is 0. The van der Waals surface area contributed by atoms with Gasteiger partial charge in [0.25, 0.3) is 0 Å². The number of hydrogen-bond acceptors (Lipinski definition) is 3. The molecule has 1 aliphatic heterocycles. The summed E-state index contributed by atoms with van der Waals surface area (Å²) < 4.78 is 5.58. The maximum absolute atomic E-state index is 12.2. The van der Waals surface area contributed by atoms with Crippen molar-refractivity contribution in [2.24, 2.45) is 11.8 Å². The highest BCUT2D eigenvalue weighted by molar-refractivity contribution is 5.92. The molecule has 0 aromatic heterocycles. The van der Waals surface area contributed by atoms with E-state index in [9.17, 15) is 4.79 Å². The van der Waals surface area contributed by atoms with E-state index in [4.69, 9.17) is 4.74 Å². The zero-order valence-corrected chi connectivity index (χ0v) is 13.7. The first kappa shape index (κ1) is 18.0. The minimum Gasteiger partial charge on any atom is -0.374 e. The summed E-state index contributed by atoms with van der Waals surface area (Å²) in [6.07, 6.45) is 0.208. The molecule has 4 nitrogen and oxygen atoms in total. The van der Waals surface area contributed by atoms with Crippen molar-refractivity contribution in [3.63, 3.8) is 0 Å². The summed E-state index contributed by atoms with van der Waals surface area (Å²) in [5.74, 6) is 0.604. The minimum atomic E-state index is 0. The molecule has 0 spiro atoms. The Morgan fingerprint density at radius 2 is 2.10 bits per heavy atom. The van der Waals surface area contributed by atoms with Gasteiger partial charge in [-0.1, -0.05) is 19.1 Å². The topological polar surface area (TPSA) is 50.4 Å². The van der Waals surface area contributed by atoms with Crippen LogP contribution in [0.2, 0.25) is 0 Å². The third-order valence-electron chi connectivity index (χ3n) is 3.71. The lowest BCUT2D eigenvalue weighted by atomic mass is 9.88. The van der Waals surface area contributed by atoms with Crippen LogP contribution in [-0.4, -0.2) is 25.1 Å². The molecular formula is C16H25ClN2O2. The van der Waals surface area contributed by atoms with Gasteiger partial charge in [0.1, 0.15) is 0 Å². The first-order valence-corrected chi connectivity index (χ1v) is 7.28. The van der Waals surface area contributed by atoms with Gasteiger partial charge in [0.2, 0.25) is 5.91 Å². The highest BCUT2D eigenvalue weighted by Crippen LogP contribution is 2.19. The van der Waals surface area contributed by atoms with Crippen LogP contribution in [0.3, 0.4) is 0 Å². The second-order valence-corrected chi connectivity index (χ2v) is 5.76. The van der Waals surface area contributed by atoms with Crippen molar-refractivity contribution in [2.75, 3.05) is 18.4 Å². The summed E-state index contributed by atoms with van der Waals surface area (Å²) in [5, 5.41) is 6.20. The SMILES string of the molecule is CC(C)OCc1cccc(NC(=O)C(C)C2CNC2)c1.Cl. The second kappa shape index (κ2) is 8.37. The van der Waals surface area contributed by atoms with Crippen LogP contribution in [0.25, 0.3) is 0 Å². The third-order valence-corrected chi connectivity index (χ3v) is 3.71. The molecule has 0 bridgehead atoms. The molecule has 0 saturated carbocycles. The maximum Gasteiger partial charge on any atom is 0.227 e. The predicted octanol–water partition coefficient (Wildman–Crippen LogP) is 2.83. The molecule has 1 unspecified atom stereocenters. The van der Waals surface area contributed by atoms with Crippen molar-refractivity contribution in [1.82, 2.24) is 5.32 Å². The van der Waals surface area contributed by atoms with Crippen molar-refractivity contribution in [1.29, 1.82) is 0 Å². The lowest BCUT2D eigenvalue weighted by Gasteiger charge is -2.31. The number of carbonyl (C=O) groups excluding carboxylic acids is 1. The molecule has 2 rings (SSSR count). The van der Waals surface area contributed by atoms with Gasteiger partial charge in [-0.2, -0.15) is 0 Å². The summed E-state index contributed by atoms with van der Waals surface area (Å²) in [6.45, 7) is 8.48. The number of amides is 1. The number of benzene rings is 1. The van der Waals surface area contributed by atoms with Crippen LogP contribution in [0.15, 0.2) is 24.3 Å². The Morgan fingerprint density at radius 1 is 1.38 bits per heavy atom. The number of ether oxygens (including phenoxy) is 1. The van der Waals surface area contributed by atoms with Gasteiger partial charge in [0, 0.05) is 11.6 Å². The van der Waals surface area contributed by atoms with E-state index in [0.717, 1.165) is 24.3 Å². The molecule has 5 heteroatoms. The lowest BCUT2D eigenvalue weighted by Crippen LogP contribution is -2.48. The Kier molecular flexibility index (Phi) is 7.15. The highest BCUT2D eigenvalue weighted by atomic mass is 35.5. The number of nitrogens with one attached hydrogen (secondary N) is 2. The summed E-state index contributed by atoms with van der Waals surface area (Å²) in [4.78, 5) is 12.2. The normalized spacial score (nSPS) is 16.0. The van der Waals surface area contributed by atoms with Gasteiger partial charge in [-0.3, -0.25) is 4.79 Å². The molecule has 1 fully saturated rings. The standard InChI is InChI=1S/C16H24N2O2.ClH/c1-11(2)20-10-13-5-4-6-15(7-13)18-16(19)12(3)14-8-17-9-14;/h4-7,11-12,14,17H,8-10H2,1-3H3,(H,18,19);1H. The Bertz CT molecular complexity index is 461. The van der Waals surface area contributed by atoms with Crippen molar-refractivity contribution >= 4 is 24.0 Å². The van der Waals surface area contributed by atoms with E-state index in [1.54, 1.807) is 0 Å². The van der Waals surface area contributed by atoms with Gasteiger partial charge in [-0.25, -0.2) is 0 Å². The Hall–Kier alpha value is -1.10. The van der Waals surface area contributed by atoms with Crippen LogP contribution in [0.4, 0.5) is 5.69 Å².